The first-order chi connectivity index (χ1) is 12.5. The number of aryl methyl sites for hydroxylation is 2. The molecule has 0 saturated heterocycles. The maximum Gasteiger partial charge on any atom is 0.225 e. The summed E-state index contributed by atoms with van der Waals surface area (Å²) in [5.41, 5.74) is 3.25. The summed E-state index contributed by atoms with van der Waals surface area (Å²) >= 11 is 1.58. The summed E-state index contributed by atoms with van der Waals surface area (Å²) < 4.78 is 5.59. The number of amides is 1. The lowest BCUT2D eigenvalue weighted by Gasteiger charge is -2.38. The van der Waals surface area contributed by atoms with Crippen molar-refractivity contribution in [2.45, 2.75) is 51.7 Å². The molecule has 0 spiro atoms. The van der Waals surface area contributed by atoms with Gasteiger partial charge in [0, 0.05) is 11.3 Å². The van der Waals surface area contributed by atoms with Gasteiger partial charge in [-0.3, -0.25) is 4.79 Å². The van der Waals surface area contributed by atoms with Gasteiger partial charge in [0.2, 0.25) is 5.91 Å². The van der Waals surface area contributed by atoms with Gasteiger partial charge in [-0.25, -0.2) is 4.98 Å². The lowest BCUT2D eigenvalue weighted by molar-refractivity contribution is -0.122. The van der Waals surface area contributed by atoms with Crippen LogP contribution in [0.3, 0.4) is 0 Å². The summed E-state index contributed by atoms with van der Waals surface area (Å²) in [5, 5.41) is 13.9. The quantitative estimate of drug-likeness (QED) is 0.847. The second-order valence-electron chi connectivity index (χ2n) is 7.31. The number of benzene rings is 1. The normalized spacial score (nSPS) is 22.3. The van der Waals surface area contributed by atoms with Crippen molar-refractivity contribution < 1.29 is 14.6 Å². The molecule has 1 amide bonds. The Kier molecular flexibility index (Phi) is 4.71. The molecule has 1 aliphatic heterocycles. The third-order valence-electron chi connectivity index (χ3n) is 5.33. The number of aliphatic hydroxyl groups is 1. The fourth-order valence-electron chi connectivity index (χ4n) is 3.88. The zero-order valence-electron chi connectivity index (χ0n) is 15.1. The number of nitrogens with one attached hydrogen (secondary N) is 1. The van der Waals surface area contributed by atoms with Gasteiger partial charge < -0.3 is 15.2 Å². The van der Waals surface area contributed by atoms with Gasteiger partial charge in [-0.05, 0) is 55.9 Å². The van der Waals surface area contributed by atoms with Crippen LogP contribution < -0.4 is 10.1 Å². The van der Waals surface area contributed by atoms with E-state index in [-0.39, 0.29) is 24.0 Å². The van der Waals surface area contributed by atoms with Crippen molar-refractivity contribution in [3.8, 4) is 5.75 Å². The monoisotopic (exact) mass is 372 g/mol. The van der Waals surface area contributed by atoms with Crippen LogP contribution in [-0.2, 0) is 17.6 Å². The lowest BCUT2D eigenvalue weighted by Crippen LogP contribution is -2.41. The Morgan fingerprint density at radius 2 is 2.23 bits per heavy atom. The highest BCUT2D eigenvalue weighted by atomic mass is 32.1. The number of rotatable bonds is 5. The molecule has 1 fully saturated rings. The number of nitrogens with zero attached hydrogens (tertiary/aromatic N) is 1. The molecule has 2 aliphatic rings. The van der Waals surface area contributed by atoms with E-state index in [4.69, 9.17) is 4.74 Å². The number of hydrogen-bond acceptors (Lipinski definition) is 5. The minimum atomic E-state index is -0.247. The zero-order valence-corrected chi connectivity index (χ0v) is 15.9. The van der Waals surface area contributed by atoms with Crippen molar-refractivity contribution in [1.29, 1.82) is 0 Å². The van der Waals surface area contributed by atoms with Crippen LogP contribution >= 0.6 is 11.3 Å². The molecule has 1 aromatic carbocycles. The lowest BCUT2D eigenvalue weighted by atomic mass is 9.74. The highest BCUT2D eigenvalue weighted by Gasteiger charge is 2.36. The van der Waals surface area contributed by atoms with Crippen LogP contribution in [0.25, 0.3) is 0 Å². The van der Waals surface area contributed by atoms with E-state index < -0.39 is 0 Å². The van der Waals surface area contributed by atoms with Crippen molar-refractivity contribution >= 4 is 17.2 Å². The molecular formula is C20H24N2O3S. The largest absolute Gasteiger partial charge is 0.493 e. The fourth-order valence-corrected chi connectivity index (χ4v) is 4.82. The Morgan fingerprint density at radius 1 is 1.42 bits per heavy atom. The number of thiazole rings is 1. The van der Waals surface area contributed by atoms with Gasteiger partial charge in [-0.15, -0.1) is 11.3 Å². The number of ether oxygens (including phenoxy) is 1. The number of aromatic nitrogens is 1. The summed E-state index contributed by atoms with van der Waals surface area (Å²) in [5.74, 6) is 1.24. The summed E-state index contributed by atoms with van der Waals surface area (Å²) in [4.78, 5) is 18.1. The summed E-state index contributed by atoms with van der Waals surface area (Å²) in [6.07, 6.45) is 2.49. The van der Waals surface area contributed by atoms with Gasteiger partial charge >= 0.3 is 0 Å². The average molecular weight is 372 g/mol. The van der Waals surface area contributed by atoms with Gasteiger partial charge in [0.25, 0.3) is 0 Å². The van der Waals surface area contributed by atoms with Crippen molar-refractivity contribution in [2.24, 2.45) is 5.92 Å². The minimum absolute atomic E-state index is 0.0138. The standard InChI is InChI=1S/C20H24N2O3S/c1-11-18(26-12(2)21-11)10-19(24)22-20(15-8-16(23)9-15)14-3-4-17-13(7-14)5-6-25-17/h3-4,7,15-16,20,23H,5-6,8-10H2,1-2H3,(H,22,24)/t15?,16?,20-/m0/s1. The third kappa shape index (κ3) is 3.48. The molecule has 138 valence electrons. The van der Waals surface area contributed by atoms with Crippen molar-refractivity contribution in [2.75, 3.05) is 6.61 Å². The number of hydrogen-bond donors (Lipinski definition) is 2. The van der Waals surface area contributed by atoms with E-state index in [1.54, 1.807) is 11.3 Å². The van der Waals surface area contributed by atoms with Crippen LogP contribution in [0.4, 0.5) is 0 Å². The van der Waals surface area contributed by atoms with E-state index in [2.05, 4.69) is 16.4 Å². The molecular weight excluding hydrogens is 348 g/mol. The molecule has 2 aromatic rings. The molecule has 2 N–H and O–H groups in total. The highest BCUT2D eigenvalue weighted by molar-refractivity contribution is 7.11. The van der Waals surface area contributed by atoms with Crippen LogP contribution in [-0.4, -0.2) is 28.7 Å². The van der Waals surface area contributed by atoms with Gasteiger partial charge in [-0.1, -0.05) is 6.07 Å². The molecule has 1 aliphatic carbocycles. The molecule has 6 heteroatoms. The third-order valence-corrected chi connectivity index (χ3v) is 6.40. The number of carbonyl (C=O) groups is 1. The van der Waals surface area contributed by atoms with E-state index in [1.165, 1.54) is 5.56 Å². The van der Waals surface area contributed by atoms with E-state index in [1.807, 2.05) is 26.0 Å². The van der Waals surface area contributed by atoms with Gasteiger partial charge in [0.05, 0.1) is 35.9 Å². The number of fused-ring (bicyclic) bond motifs is 1. The first kappa shape index (κ1) is 17.5. The molecule has 5 nitrogen and oxygen atoms in total. The first-order valence-electron chi connectivity index (χ1n) is 9.15. The summed E-state index contributed by atoms with van der Waals surface area (Å²) in [6.45, 7) is 4.64. The maximum atomic E-state index is 12.7. The van der Waals surface area contributed by atoms with Crippen LogP contribution in [0.5, 0.6) is 5.75 Å². The smallest absolute Gasteiger partial charge is 0.225 e. The Balaban J connectivity index is 1.52. The van der Waals surface area contributed by atoms with Gasteiger partial charge in [0.1, 0.15) is 5.75 Å². The van der Waals surface area contributed by atoms with E-state index >= 15 is 0 Å². The molecule has 1 atom stereocenters. The topological polar surface area (TPSA) is 71.5 Å². The minimum Gasteiger partial charge on any atom is -0.493 e. The fraction of sp³-hybridized carbons (Fsp3) is 0.500. The van der Waals surface area contributed by atoms with E-state index in [0.29, 0.717) is 6.42 Å². The van der Waals surface area contributed by atoms with Crippen LogP contribution in [0.1, 0.15) is 45.6 Å². The predicted octanol–water partition coefficient (Wildman–Crippen LogP) is 2.87. The van der Waals surface area contributed by atoms with Gasteiger partial charge in [0.15, 0.2) is 0 Å². The SMILES string of the molecule is Cc1nc(C)c(CC(=O)N[C@@H](c2ccc3c(c2)CCO3)C2CC(O)C2)s1. The maximum absolute atomic E-state index is 12.7. The second kappa shape index (κ2) is 7.00. The molecule has 0 radical (unpaired) electrons. The van der Waals surface area contributed by atoms with Crippen LogP contribution in [0, 0.1) is 19.8 Å². The van der Waals surface area contributed by atoms with E-state index in [9.17, 15) is 9.90 Å². The average Bonchev–Trinajstić information content (AvgIpc) is 3.15. The first-order valence-corrected chi connectivity index (χ1v) is 9.97. The van der Waals surface area contributed by atoms with Crippen LogP contribution in [0.15, 0.2) is 18.2 Å². The predicted molar refractivity (Wildman–Crippen MR) is 101 cm³/mol. The van der Waals surface area contributed by atoms with Crippen molar-refractivity contribution in [1.82, 2.24) is 10.3 Å². The second-order valence-corrected chi connectivity index (χ2v) is 8.60. The summed E-state index contributed by atoms with van der Waals surface area (Å²) in [6, 6.07) is 6.14. The Bertz CT molecular complexity index is 826. The van der Waals surface area contributed by atoms with Crippen molar-refractivity contribution in [3.05, 3.63) is 44.9 Å². The molecule has 1 aromatic heterocycles. The molecule has 0 unspecified atom stereocenters. The molecule has 4 rings (SSSR count). The Hall–Kier alpha value is -1.92. The highest BCUT2D eigenvalue weighted by Crippen LogP contribution is 2.39. The van der Waals surface area contributed by atoms with E-state index in [0.717, 1.165) is 52.8 Å². The molecule has 1 saturated carbocycles. The number of aliphatic hydroxyl groups excluding tert-OH is 1. The van der Waals surface area contributed by atoms with Crippen LogP contribution in [0.2, 0.25) is 0 Å². The Morgan fingerprint density at radius 3 is 2.92 bits per heavy atom. The Labute approximate surface area is 157 Å². The van der Waals surface area contributed by atoms with Gasteiger partial charge in [-0.2, -0.15) is 0 Å². The number of carbonyl (C=O) groups excluding carboxylic acids is 1. The summed E-state index contributed by atoms with van der Waals surface area (Å²) in [7, 11) is 0. The molecule has 0 bridgehead atoms. The molecule has 26 heavy (non-hydrogen) atoms. The zero-order chi connectivity index (χ0) is 18.3. The molecule has 2 heterocycles. The van der Waals surface area contributed by atoms with Crippen molar-refractivity contribution in [3.63, 3.8) is 0 Å².